The largest absolute Gasteiger partial charge is 0.324 e. The number of hydrogen-bond donors (Lipinski definition) is 1. The number of hydrogen-bond acceptors (Lipinski definition) is 3. The molecule has 0 bridgehead atoms. The molecule has 0 fully saturated rings. The van der Waals surface area contributed by atoms with E-state index in [0.29, 0.717) is 5.56 Å². The number of carbonyl (C=O) groups is 1. The molecule has 0 saturated heterocycles. The van der Waals surface area contributed by atoms with Crippen LogP contribution >= 0.6 is 11.8 Å². The van der Waals surface area contributed by atoms with E-state index in [1.54, 1.807) is 30.1 Å². The van der Waals surface area contributed by atoms with Gasteiger partial charge in [-0.3, -0.25) is 4.79 Å². The predicted molar refractivity (Wildman–Crippen MR) is 123 cm³/mol. The monoisotopic (exact) mass is 411 g/mol. The Morgan fingerprint density at radius 2 is 1.47 bits per heavy atom. The third kappa shape index (κ3) is 5.07. The maximum absolute atomic E-state index is 12.3. The summed E-state index contributed by atoms with van der Waals surface area (Å²) in [5, 5.41) is 4.08. The summed E-state index contributed by atoms with van der Waals surface area (Å²) < 4.78 is 1.99. The van der Waals surface area contributed by atoms with Crippen molar-refractivity contribution in [2.45, 2.75) is 16.7 Å². The smallest absolute Gasteiger partial charge is 0.271 e. The molecule has 0 radical (unpaired) electrons. The lowest BCUT2D eigenvalue weighted by molar-refractivity contribution is 0.0955. The van der Waals surface area contributed by atoms with Crippen LogP contribution in [0.15, 0.2) is 112 Å². The minimum absolute atomic E-state index is 0.239. The summed E-state index contributed by atoms with van der Waals surface area (Å²) in [7, 11) is 0. The molecule has 1 aromatic heterocycles. The zero-order chi connectivity index (χ0) is 20.8. The Morgan fingerprint density at radius 1 is 0.867 bits per heavy atom. The van der Waals surface area contributed by atoms with E-state index < -0.39 is 0 Å². The first-order valence-electron chi connectivity index (χ1n) is 9.59. The molecule has 4 rings (SSSR count). The third-order valence-electron chi connectivity index (χ3n) is 4.55. The molecular weight excluding hydrogens is 390 g/mol. The van der Waals surface area contributed by atoms with Gasteiger partial charge in [0.25, 0.3) is 5.91 Å². The average molecular weight is 412 g/mol. The van der Waals surface area contributed by atoms with Gasteiger partial charge < -0.3 is 4.57 Å². The highest BCUT2D eigenvalue weighted by molar-refractivity contribution is 7.99. The van der Waals surface area contributed by atoms with Gasteiger partial charge >= 0.3 is 0 Å². The van der Waals surface area contributed by atoms with Crippen molar-refractivity contribution in [2.24, 2.45) is 5.10 Å². The second kappa shape index (κ2) is 9.29. The van der Waals surface area contributed by atoms with E-state index in [4.69, 9.17) is 0 Å². The first-order chi connectivity index (χ1) is 14.7. The van der Waals surface area contributed by atoms with Gasteiger partial charge in [-0.05, 0) is 73.2 Å². The second-order valence-corrected chi connectivity index (χ2v) is 7.97. The van der Waals surface area contributed by atoms with E-state index in [0.717, 1.165) is 16.1 Å². The average Bonchev–Trinajstić information content (AvgIpc) is 3.32. The minimum Gasteiger partial charge on any atom is -0.324 e. The third-order valence-corrected chi connectivity index (χ3v) is 5.56. The summed E-state index contributed by atoms with van der Waals surface area (Å²) in [6, 6.07) is 27.8. The summed E-state index contributed by atoms with van der Waals surface area (Å²) in [6.07, 6.45) is 5.57. The normalized spacial score (nSPS) is 11.0. The van der Waals surface area contributed by atoms with Crippen LogP contribution in [-0.2, 0) is 0 Å². The van der Waals surface area contributed by atoms with Crippen molar-refractivity contribution >= 4 is 23.9 Å². The summed E-state index contributed by atoms with van der Waals surface area (Å²) in [5.41, 5.74) is 6.32. The molecule has 1 N–H and O–H groups in total. The molecule has 148 valence electrons. The van der Waals surface area contributed by atoms with Gasteiger partial charge in [0.2, 0.25) is 0 Å². The summed E-state index contributed by atoms with van der Waals surface area (Å²) in [5.74, 6) is -0.239. The van der Waals surface area contributed by atoms with Crippen molar-refractivity contribution in [2.75, 3.05) is 0 Å². The lowest BCUT2D eigenvalue weighted by Crippen LogP contribution is -2.17. The van der Waals surface area contributed by atoms with E-state index >= 15 is 0 Å². The lowest BCUT2D eigenvalue weighted by atomic mass is 10.2. The number of aromatic nitrogens is 1. The second-order valence-electron chi connectivity index (χ2n) is 6.82. The molecule has 5 heteroatoms. The Kier molecular flexibility index (Phi) is 6.11. The number of rotatable bonds is 6. The molecule has 1 amide bonds. The molecule has 0 aliphatic rings. The molecule has 0 aliphatic heterocycles. The van der Waals surface area contributed by atoms with Crippen LogP contribution in [0.3, 0.4) is 0 Å². The standard InChI is InChI=1S/C25H21N3OS/c1-19-4-12-23(13-5-19)30-24-14-6-20(7-15-24)18-26-27-25(29)21-8-10-22(11-9-21)28-16-2-3-17-28/h2-18H,1H3,(H,27,29)/b26-18+. The lowest BCUT2D eigenvalue weighted by Gasteiger charge is -2.04. The van der Waals surface area contributed by atoms with E-state index in [1.165, 1.54) is 10.5 Å². The van der Waals surface area contributed by atoms with Crippen molar-refractivity contribution in [3.8, 4) is 5.69 Å². The zero-order valence-electron chi connectivity index (χ0n) is 16.5. The Hall–Kier alpha value is -3.57. The SMILES string of the molecule is Cc1ccc(Sc2ccc(/C=N/NC(=O)c3ccc(-n4cccc4)cc3)cc2)cc1. The first kappa shape index (κ1) is 19.7. The molecule has 0 atom stereocenters. The summed E-state index contributed by atoms with van der Waals surface area (Å²) in [4.78, 5) is 14.6. The number of aryl methyl sites for hydroxylation is 1. The van der Waals surface area contributed by atoms with Gasteiger partial charge in [0.1, 0.15) is 0 Å². The fourth-order valence-electron chi connectivity index (χ4n) is 2.89. The topological polar surface area (TPSA) is 46.4 Å². The van der Waals surface area contributed by atoms with Gasteiger partial charge in [0.05, 0.1) is 6.21 Å². The Morgan fingerprint density at radius 3 is 2.10 bits per heavy atom. The highest BCUT2D eigenvalue weighted by atomic mass is 32.2. The fourth-order valence-corrected chi connectivity index (χ4v) is 3.70. The molecule has 4 aromatic rings. The zero-order valence-corrected chi connectivity index (χ0v) is 17.3. The predicted octanol–water partition coefficient (Wildman–Crippen LogP) is 5.70. The molecule has 0 saturated carbocycles. The molecule has 0 unspecified atom stereocenters. The van der Waals surface area contributed by atoms with Crippen molar-refractivity contribution in [3.63, 3.8) is 0 Å². The van der Waals surface area contributed by atoms with E-state index in [1.807, 2.05) is 65.5 Å². The Balaban J connectivity index is 1.32. The fraction of sp³-hybridized carbons (Fsp3) is 0.0400. The van der Waals surface area contributed by atoms with Crippen LogP contribution in [0.25, 0.3) is 5.69 Å². The Bertz CT molecular complexity index is 1130. The molecule has 3 aromatic carbocycles. The van der Waals surface area contributed by atoms with Gasteiger partial charge in [-0.2, -0.15) is 5.10 Å². The van der Waals surface area contributed by atoms with Crippen LogP contribution in [0.5, 0.6) is 0 Å². The van der Waals surface area contributed by atoms with Gasteiger partial charge in [0.15, 0.2) is 0 Å². The van der Waals surface area contributed by atoms with Crippen LogP contribution in [0.1, 0.15) is 21.5 Å². The number of nitrogens with zero attached hydrogens (tertiary/aromatic N) is 2. The van der Waals surface area contributed by atoms with Gasteiger partial charge in [-0.25, -0.2) is 5.43 Å². The number of carbonyl (C=O) groups excluding carboxylic acids is 1. The maximum atomic E-state index is 12.3. The summed E-state index contributed by atoms with van der Waals surface area (Å²) >= 11 is 1.72. The van der Waals surface area contributed by atoms with Crippen molar-refractivity contribution < 1.29 is 4.79 Å². The van der Waals surface area contributed by atoms with Gasteiger partial charge in [-0.1, -0.05) is 41.6 Å². The van der Waals surface area contributed by atoms with Gasteiger partial charge in [0, 0.05) is 33.4 Å². The van der Waals surface area contributed by atoms with Crippen molar-refractivity contribution in [3.05, 3.63) is 114 Å². The number of amides is 1. The number of benzene rings is 3. The van der Waals surface area contributed by atoms with E-state index in [9.17, 15) is 4.79 Å². The van der Waals surface area contributed by atoms with Crippen molar-refractivity contribution in [1.29, 1.82) is 0 Å². The van der Waals surface area contributed by atoms with Crippen molar-refractivity contribution in [1.82, 2.24) is 9.99 Å². The quantitative estimate of drug-likeness (QED) is 0.327. The number of nitrogens with one attached hydrogen (secondary N) is 1. The van der Waals surface area contributed by atoms with E-state index in [-0.39, 0.29) is 5.91 Å². The van der Waals surface area contributed by atoms with Crippen LogP contribution in [-0.4, -0.2) is 16.7 Å². The van der Waals surface area contributed by atoms with Crippen LogP contribution < -0.4 is 5.43 Å². The highest BCUT2D eigenvalue weighted by Crippen LogP contribution is 2.27. The van der Waals surface area contributed by atoms with Gasteiger partial charge in [-0.15, -0.1) is 0 Å². The minimum atomic E-state index is -0.239. The first-order valence-corrected chi connectivity index (χ1v) is 10.4. The van der Waals surface area contributed by atoms with Crippen LogP contribution in [0.2, 0.25) is 0 Å². The van der Waals surface area contributed by atoms with Crippen LogP contribution in [0, 0.1) is 6.92 Å². The van der Waals surface area contributed by atoms with Crippen LogP contribution in [0.4, 0.5) is 0 Å². The maximum Gasteiger partial charge on any atom is 0.271 e. The molecule has 4 nitrogen and oxygen atoms in total. The number of hydrazone groups is 1. The molecular formula is C25H21N3OS. The van der Waals surface area contributed by atoms with E-state index in [2.05, 4.69) is 41.7 Å². The molecule has 0 aliphatic carbocycles. The summed E-state index contributed by atoms with van der Waals surface area (Å²) in [6.45, 7) is 2.08. The molecule has 30 heavy (non-hydrogen) atoms. The Labute approximate surface area is 180 Å². The molecule has 1 heterocycles. The highest BCUT2D eigenvalue weighted by Gasteiger charge is 2.04. The molecule has 0 spiro atoms.